The predicted octanol–water partition coefficient (Wildman–Crippen LogP) is 3.25. The number of phenols is 1. The van der Waals surface area contributed by atoms with Crippen LogP contribution in [0.15, 0.2) is 6.07 Å². The zero-order valence-corrected chi connectivity index (χ0v) is 12.0. The summed E-state index contributed by atoms with van der Waals surface area (Å²) in [7, 11) is 0. The number of hydrogen-bond acceptors (Lipinski definition) is 2. The van der Waals surface area contributed by atoms with Gasteiger partial charge in [0.15, 0.2) is 17.4 Å². The quantitative estimate of drug-likeness (QED) is 0.634. The fourth-order valence-corrected chi connectivity index (χ4v) is 2.97. The summed E-state index contributed by atoms with van der Waals surface area (Å²) in [5.41, 5.74) is -0.702. The molecule has 2 N–H and O–H groups in total. The molecule has 1 aliphatic rings. The van der Waals surface area contributed by atoms with Gasteiger partial charge in [-0.1, -0.05) is 28.8 Å². The molecular formula is C13H13BrF3NO2. The Morgan fingerprint density at radius 2 is 1.90 bits per heavy atom. The Labute approximate surface area is 122 Å². The third-order valence-corrected chi connectivity index (χ3v) is 4.47. The summed E-state index contributed by atoms with van der Waals surface area (Å²) in [5.74, 6) is -6.96. The first-order chi connectivity index (χ1) is 9.41. The number of halogens is 4. The summed E-state index contributed by atoms with van der Waals surface area (Å²) in [6, 6.07) is 0.247. The summed E-state index contributed by atoms with van der Waals surface area (Å²) >= 11 is 3.42. The molecule has 0 aromatic heterocycles. The van der Waals surface area contributed by atoms with Crippen molar-refractivity contribution in [1.82, 2.24) is 5.32 Å². The van der Waals surface area contributed by atoms with Crippen LogP contribution in [0.1, 0.15) is 36.0 Å². The number of hydrogen-bond donors (Lipinski definition) is 2. The maximum Gasteiger partial charge on any atom is 0.254 e. The van der Waals surface area contributed by atoms with Gasteiger partial charge in [0.25, 0.3) is 5.91 Å². The molecule has 7 heteroatoms. The number of carbonyl (C=O) groups excluding carboxylic acids is 1. The zero-order valence-electron chi connectivity index (χ0n) is 10.4. The third-order valence-electron chi connectivity index (χ3n) is 3.38. The largest absolute Gasteiger partial charge is 0.503 e. The Morgan fingerprint density at radius 1 is 1.25 bits per heavy atom. The highest BCUT2D eigenvalue weighted by molar-refractivity contribution is 9.09. The summed E-state index contributed by atoms with van der Waals surface area (Å²) in [6.45, 7) is 0. The molecule has 110 valence electrons. The monoisotopic (exact) mass is 351 g/mol. The van der Waals surface area contributed by atoms with Crippen molar-refractivity contribution in [2.24, 2.45) is 0 Å². The number of amides is 1. The van der Waals surface area contributed by atoms with Gasteiger partial charge in [-0.15, -0.1) is 0 Å². The molecule has 1 aromatic rings. The van der Waals surface area contributed by atoms with Crippen molar-refractivity contribution < 1.29 is 23.1 Å². The molecular weight excluding hydrogens is 339 g/mol. The van der Waals surface area contributed by atoms with Crippen molar-refractivity contribution >= 4 is 21.8 Å². The normalized spacial score (nSPS) is 22.6. The van der Waals surface area contributed by atoms with Crippen LogP contribution in [0.5, 0.6) is 5.75 Å². The van der Waals surface area contributed by atoms with E-state index in [1.807, 2.05) is 0 Å². The van der Waals surface area contributed by atoms with E-state index in [-0.39, 0.29) is 10.9 Å². The van der Waals surface area contributed by atoms with Gasteiger partial charge in [-0.2, -0.15) is 4.39 Å². The van der Waals surface area contributed by atoms with E-state index in [0.29, 0.717) is 6.07 Å². The van der Waals surface area contributed by atoms with E-state index in [1.165, 1.54) is 0 Å². The Hall–Kier alpha value is -1.24. The van der Waals surface area contributed by atoms with Gasteiger partial charge in [0, 0.05) is 10.9 Å². The highest BCUT2D eigenvalue weighted by Crippen LogP contribution is 2.27. The van der Waals surface area contributed by atoms with Crippen molar-refractivity contribution in [2.45, 2.75) is 36.6 Å². The Kier molecular flexibility index (Phi) is 4.57. The fraction of sp³-hybridized carbons (Fsp3) is 0.462. The van der Waals surface area contributed by atoms with E-state index in [9.17, 15) is 18.0 Å². The van der Waals surface area contributed by atoms with Gasteiger partial charge in [-0.3, -0.25) is 4.79 Å². The molecule has 0 aliphatic heterocycles. The molecule has 0 heterocycles. The van der Waals surface area contributed by atoms with Gasteiger partial charge < -0.3 is 10.4 Å². The van der Waals surface area contributed by atoms with Crippen molar-refractivity contribution in [2.75, 3.05) is 0 Å². The average molecular weight is 352 g/mol. The van der Waals surface area contributed by atoms with Crippen LogP contribution in [0.3, 0.4) is 0 Å². The van der Waals surface area contributed by atoms with E-state index in [1.54, 1.807) is 0 Å². The first-order valence-electron chi connectivity index (χ1n) is 6.23. The maximum absolute atomic E-state index is 13.6. The SMILES string of the molecule is O=C(NC1CCCCC1Br)c1cc(F)c(F)c(O)c1F. The van der Waals surface area contributed by atoms with Crippen LogP contribution in [0, 0.1) is 17.5 Å². The second kappa shape index (κ2) is 6.03. The van der Waals surface area contributed by atoms with Crippen LogP contribution in [0.2, 0.25) is 0 Å². The number of benzene rings is 1. The molecule has 0 saturated heterocycles. The summed E-state index contributed by atoms with van der Waals surface area (Å²) in [5, 5.41) is 11.7. The van der Waals surface area contributed by atoms with Gasteiger partial charge in [-0.05, 0) is 18.9 Å². The summed E-state index contributed by atoms with van der Waals surface area (Å²) in [4.78, 5) is 12.0. The van der Waals surface area contributed by atoms with Crippen molar-refractivity contribution in [1.29, 1.82) is 0 Å². The average Bonchev–Trinajstić information content (AvgIpc) is 2.43. The number of rotatable bonds is 2. The minimum Gasteiger partial charge on any atom is -0.503 e. The number of phenolic OH excluding ortho intramolecular Hbond substituents is 1. The van der Waals surface area contributed by atoms with Crippen LogP contribution in [-0.2, 0) is 0 Å². The standard InChI is InChI=1S/C13H13BrF3NO2/c14-7-3-1-2-4-9(7)18-13(20)6-5-8(15)11(17)12(19)10(6)16/h5,7,9,19H,1-4H2,(H,18,20). The number of aromatic hydroxyl groups is 1. The van der Waals surface area contributed by atoms with Gasteiger partial charge in [0.05, 0.1) is 5.56 Å². The minimum absolute atomic E-state index is 0.0575. The number of carbonyl (C=O) groups is 1. The second-order valence-corrected chi connectivity index (χ2v) is 5.94. The molecule has 3 nitrogen and oxygen atoms in total. The molecule has 2 rings (SSSR count). The third kappa shape index (κ3) is 2.92. The molecule has 0 radical (unpaired) electrons. The minimum atomic E-state index is -1.70. The zero-order chi connectivity index (χ0) is 14.9. The molecule has 1 saturated carbocycles. The Balaban J connectivity index is 2.21. The van der Waals surface area contributed by atoms with Crippen molar-refractivity contribution in [3.05, 3.63) is 29.1 Å². The molecule has 0 bridgehead atoms. The summed E-state index contributed by atoms with van der Waals surface area (Å²) < 4.78 is 39.7. The smallest absolute Gasteiger partial charge is 0.254 e. The molecule has 1 aromatic carbocycles. The molecule has 1 amide bonds. The molecule has 1 fully saturated rings. The number of nitrogens with one attached hydrogen (secondary N) is 1. The highest BCUT2D eigenvalue weighted by atomic mass is 79.9. The number of alkyl halides is 1. The van der Waals surface area contributed by atoms with Gasteiger partial charge in [0.2, 0.25) is 5.82 Å². The highest BCUT2D eigenvalue weighted by Gasteiger charge is 2.27. The van der Waals surface area contributed by atoms with E-state index < -0.39 is 34.7 Å². The van der Waals surface area contributed by atoms with Crippen LogP contribution in [0.25, 0.3) is 0 Å². The summed E-state index contributed by atoms with van der Waals surface area (Å²) in [6.07, 6.45) is 3.55. The lowest BCUT2D eigenvalue weighted by Gasteiger charge is -2.28. The first-order valence-corrected chi connectivity index (χ1v) is 7.14. The van der Waals surface area contributed by atoms with E-state index in [0.717, 1.165) is 25.7 Å². The maximum atomic E-state index is 13.6. The topological polar surface area (TPSA) is 49.3 Å². The van der Waals surface area contributed by atoms with Crippen LogP contribution < -0.4 is 5.32 Å². The van der Waals surface area contributed by atoms with Crippen LogP contribution >= 0.6 is 15.9 Å². The first kappa shape index (κ1) is 15.2. The lowest BCUT2D eigenvalue weighted by molar-refractivity contribution is 0.0924. The molecule has 0 spiro atoms. The Bertz CT molecular complexity index is 539. The van der Waals surface area contributed by atoms with Crippen LogP contribution in [-0.4, -0.2) is 21.9 Å². The van der Waals surface area contributed by atoms with E-state index in [4.69, 9.17) is 5.11 Å². The van der Waals surface area contributed by atoms with E-state index in [2.05, 4.69) is 21.2 Å². The molecule has 2 unspecified atom stereocenters. The fourth-order valence-electron chi connectivity index (χ4n) is 2.25. The molecule has 20 heavy (non-hydrogen) atoms. The van der Waals surface area contributed by atoms with Crippen LogP contribution in [0.4, 0.5) is 13.2 Å². The van der Waals surface area contributed by atoms with Gasteiger partial charge in [0.1, 0.15) is 0 Å². The molecule has 2 atom stereocenters. The van der Waals surface area contributed by atoms with Crippen molar-refractivity contribution in [3.8, 4) is 5.75 Å². The van der Waals surface area contributed by atoms with Crippen molar-refractivity contribution in [3.63, 3.8) is 0 Å². The molecule has 1 aliphatic carbocycles. The predicted molar refractivity (Wildman–Crippen MR) is 70.4 cm³/mol. The van der Waals surface area contributed by atoms with Gasteiger partial charge >= 0.3 is 0 Å². The van der Waals surface area contributed by atoms with E-state index >= 15 is 0 Å². The lowest BCUT2D eigenvalue weighted by atomic mass is 9.95. The lowest BCUT2D eigenvalue weighted by Crippen LogP contribution is -2.42. The second-order valence-electron chi connectivity index (χ2n) is 4.76. The van der Waals surface area contributed by atoms with Gasteiger partial charge in [-0.25, -0.2) is 8.78 Å². The Morgan fingerprint density at radius 3 is 2.55 bits per heavy atom.